The zero-order chi connectivity index (χ0) is 17.0. The molecule has 0 saturated carbocycles. The lowest BCUT2D eigenvalue weighted by molar-refractivity contribution is 0.0420. The quantitative estimate of drug-likeness (QED) is 0.408. The number of guanidine groups is 1. The van der Waals surface area contributed by atoms with E-state index in [-0.39, 0.29) is 6.10 Å². The van der Waals surface area contributed by atoms with E-state index in [1.165, 1.54) is 5.56 Å². The van der Waals surface area contributed by atoms with Crippen molar-refractivity contribution in [2.24, 2.45) is 4.99 Å². The van der Waals surface area contributed by atoms with Crippen molar-refractivity contribution >= 4 is 5.96 Å². The minimum atomic E-state index is 0.283. The number of nitrogens with one attached hydrogen (secondary N) is 2. The molecule has 1 aromatic carbocycles. The summed E-state index contributed by atoms with van der Waals surface area (Å²) in [6, 6.07) is 8.13. The highest BCUT2D eigenvalue weighted by molar-refractivity contribution is 5.79. The van der Waals surface area contributed by atoms with Crippen molar-refractivity contribution in [2.45, 2.75) is 25.4 Å². The molecule has 1 aromatic rings. The van der Waals surface area contributed by atoms with E-state index in [4.69, 9.17) is 14.2 Å². The molecule has 134 valence electrons. The van der Waals surface area contributed by atoms with Crippen LogP contribution in [-0.2, 0) is 15.9 Å². The fraction of sp³-hybridized carbons (Fsp3) is 0.611. The molecule has 0 aliphatic carbocycles. The van der Waals surface area contributed by atoms with E-state index in [0.29, 0.717) is 0 Å². The van der Waals surface area contributed by atoms with Crippen LogP contribution in [0.25, 0.3) is 0 Å². The zero-order valence-electron chi connectivity index (χ0n) is 14.7. The van der Waals surface area contributed by atoms with Crippen LogP contribution in [0.5, 0.6) is 5.75 Å². The van der Waals surface area contributed by atoms with Gasteiger partial charge in [-0.1, -0.05) is 12.1 Å². The van der Waals surface area contributed by atoms with Crippen molar-refractivity contribution in [1.29, 1.82) is 0 Å². The fourth-order valence-corrected chi connectivity index (χ4v) is 2.55. The molecular formula is C18H29N3O3. The molecule has 1 heterocycles. The maximum absolute atomic E-state index is 5.74. The molecule has 0 aromatic heterocycles. The monoisotopic (exact) mass is 335 g/mol. The number of rotatable bonds is 9. The Labute approximate surface area is 144 Å². The predicted molar refractivity (Wildman–Crippen MR) is 95.9 cm³/mol. The highest BCUT2D eigenvalue weighted by Gasteiger charge is 2.15. The van der Waals surface area contributed by atoms with Crippen LogP contribution in [0, 0.1) is 0 Å². The van der Waals surface area contributed by atoms with Crippen LogP contribution in [0.1, 0.15) is 18.4 Å². The normalized spacial score (nSPS) is 17.8. The summed E-state index contributed by atoms with van der Waals surface area (Å²) in [5, 5.41) is 6.63. The van der Waals surface area contributed by atoms with Crippen molar-refractivity contribution < 1.29 is 14.2 Å². The minimum absolute atomic E-state index is 0.283. The average molecular weight is 335 g/mol. The molecule has 2 rings (SSSR count). The second-order valence-corrected chi connectivity index (χ2v) is 5.74. The Morgan fingerprint density at radius 1 is 1.33 bits per heavy atom. The second-order valence-electron chi connectivity index (χ2n) is 5.74. The molecule has 1 aliphatic heterocycles. The smallest absolute Gasteiger partial charge is 0.190 e. The molecule has 2 N–H and O–H groups in total. The van der Waals surface area contributed by atoms with Gasteiger partial charge in [-0.15, -0.1) is 0 Å². The van der Waals surface area contributed by atoms with E-state index in [1.54, 1.807) is 14.2 Å². The summed E-state index contributed by atoms with van der Waals surface area (Å²) < 4.78 is 16.3. The first-order valence-electron chi connectivity index (χ1n) is 8.58. The van der Waals surface area contributed by atoms with Crippen LogP contribution in [0.4, 0.5) is 0 Å². The Morgan fingerprint density at radius 2 is 2.21 bits per heavy atom. The third-order valence-electron chi connectivity index (χ3n) is 3.92. The summed E-state index contributed by atoms with van der Waals surface area (Å²) in [4.78, 5) is 4.24. The highest BCUT2D eigenvalue weighted by Crippen LogP contribution is 2.12. The third kappa shape index (κ3) is 6.76. The molecule has 1 atom stereocenters. The molecule has 0 bridgehead atoms. The molecule has 0 spiro atoms. The van der Waals surface area contributed by atoms with Crippen LogP contribution in [0.15, 0.2) is 29.3 Å². The van der Waals surface area contributed by atoms with Crippen molar-refractivity contribution in [3.63, 3.8) is 0 Å². The molecule has 1 fully saturated rings. The summed E-state index contributed by atoms with van der Waals surface area (Å²) >= 11 is 0. The van der Waals surface area contributed by atoms with Gasteiger partial charge < -0.3 is 24.8 Å². The maximum Gasteiger partial charge on any atom is 0.190 e. The summed E-state index contributed by atoms with van der Waals surface area (Å²) in [6.07, 6.45) is 3.17. The van der Waals surface area contributed by atoms with Gasteiger partial charge in [-0.3, -0.25) is 4.99 Å². The van der Waals surface area contributed by atoms with Crippen LogP contribution in [0.3, 0.4) is 0 Å². The van der Waals surface area contributed by atoms with Crippen LogP contribution in [0.2, 0.25) is 0 Å². The molecular weight excluding hydrogens is 306 g/mol. The largest absolute Gasteiger partial charge is 0.497 e. The van der Waals surface area contributed by atoms with Gasteiger partial charge >= 0.3 is 0 Å². The average Bonchev–Trinajstić information content (AvgIpc) is 3.13. The zero-order valence-corrected chi connectivity index (χ0v) is 14.7. The molecule has 6 nitrogen and oxygen atoms in total. The Morgan fingerprint density at radius 3 is 2.96 bits per heavy atom. The number of nitrogens with zero attached hydrogens (tertiary/aromatic N) is 1. The van der Waals surface area contributed by atoms with E-state index in [2.05, 4.69) is 27.8 Å². The number of hydrogen-bond acceptors (Lipinski definition) is 4. The first-order chi connectivity index (χ1) is 11.8. The first kappa shape index (κ1) is 18.5. The number of hydrogen-bond donors (Lipinski definition) is 2. The van der Waals surface area contributed by atoms with E-state index < -0.39 is 0 Å². The van der Waals surface area contributed by atoms with Gasteiger partial charge in [-0.05, 0) is 37.0 Å². The lowest BCUT2D eigenvalue weighted by Gasteiger charge is -2.13. The van der Waals surface area contributed by atoms with Crippen molar-refractivity contribution in [3.05, 3.63) is 29.8 Å². The molecule has 1 saturated heterocycles. The lowest BCUT2D eigenvalue weighted by atomic mass is 10.1. The van der Waals surface area contributed by atoms with E-state index in [0.717, 1.165) is 63.9 Å². The van der Waals surface area contributed by atoms with Gasteiger partial charge in [0.05, 0.1) is 19.8 Å². The first-order valence-corrected chi connectivity index (χ1v) is 8.58. The number of aliphatic imine (C=N–C) groups is 1. The van der Waals surface area contributed by atoms with E-state index in [1.807, 2.05) is 12.1 Å². The van der Waals surface area contributed by atoms with Gasteiger partial charge in [0.1, 0.15) is 5.75 Å². The second kappa shape index (κ2) is 10.9. The predicted octanol–water partition coefficient (Wildman–Crippen LogP) is 1.60. The third-order valence-corrected chi connectivity index (χ3v) is 3.92. The summed E-state index contributed by atoms with van der Waals surface area (Å²) in [5.41, 5.74) is 1.24. The summed E-state index contributed by atoms with van der Waals surface area (Å²) in [7, 11) is 3.47. The molecule has 24 heavy (non-hydrogen) atoms. The summed E-state index contributed by atoms with van der Waals surface area (Å²) in [5.74, 6) is 1.71. The standard InChI is InChI=1S/C18H29N3O3/c1-19-18(20-9-4-11-24-17-8-12-23-14-17)21-10-7-15-5-3-6-16(13-15)22-2/h3,5-6,13,17H,4,7-12,14H2,1-2H3,(H2,19,20,21). The lowest BCUT2D eigenvalue weighted by Crippen LogP contribution is -2.39. The highest BCUT2D eigenvalue weighted by atomic mass is 16.5. The molecule has 1 aliphatic rings. The molecule has 6 heteroatoms. The molecule has 1 unspecified atom stereocenters. The topological polar surface area (TPSA) is 64.1 Å². The van der Waals surface area contributed by atoms with Crippen molar-refractivity contribution in [3.8, 4) is 5.75 Å². The van der Waals surface area contributed by atoms with Gasteiger partial charge in [0.25, 0.3) is 0 Å². The van der Waals surface area contributed by atoms with E-state index in [9.17, 15) is 0 Å². The number of benzene rings is 1. The van der Waals surface area contributed by atoms with E-state index >= 15 is 0 Å². The van der Waals surface area contributed by atoms with Gasteiger partial charge in [0.15, 0.2) is 5.96 Å². The fourth-order valence-electron chi connectivity index (χ4n) is 2.55. The Balaban J connectivity index is 1.56. The van der Waals surface area contributed by atoms with Gasteiger partial charge in [0, 0.05) is 33.4 Å². The molecule has 0 amide bonds. The Hall–Kier alpha value is -1.79. The van der Waals surface area contributed by atoms with Crippen molar-refractivity contribution in [2.75, 3.05) is 47.1 Å². The SMILES string of the molecule is CN=C(NCCCOC1CCOC1)NCCc1cccc(OC)c1. The van der Waals surface area contributed by atoms with Crippen molar-refractivity contribution in [1.82, 2.24) is 10.6 Å². The van der Waals surface area contributed by atoms with Gasteiger partial charge in [0.2, 0.25) is 0 Å². The Bertz CT molecular complexity index is 502. The Kier molecular flexibility index (Phi) is 8.41. The number of ether oxygens (including phenoxy) is 3. The minimum Gasteiger partial charge on any atom is -0.497 e. The summed E-state index contributed by atoms with van der Waals surface area (Å²) in [6.45, 7) is 3.98. The van der Waals surface area contributed by atoms with Crippen LogP contribution < -0.4 is 15.4 Å². The maximum atomic E-state index is 5.74. The number of methoxy groups -OCH3 is 1. The van der Waals surface area contributed by atoms with Gasteiger partial charge in [-0.25, -0.2) is 0 Å². The van der Waals surface area contributed by atoms with Gasteiger partial charge in [-0.2, -0.15) is 0 Å². The van der Waals surface area contributed by atoms with Crippen LogP contribution >= 0.6 is 0 Å². The van der Waals surface area contributed by atoms with Crippen LogP contribution in [-0.4, -0.2) is 59.1 Å². The molecule has 0 radical (unpaired) electrons.